The van der Waals surface area contributed by atoms with E-state index in [1.165, 1.54) is 19.2 Å². The van der Waals surface area contributed by atoms with E-state index in [1.54, 1.807) is 6.07 Å². The van der Waals surface area contributed by atoms with E-state index in [-0.39, 0.29) is 29.8 Å². The summed E-state index contributed by atoms with van der Waals surface area (Å²) < 4.78 is 22.8. The highest BCUT2D eigenvalue weighted by Crippen LogP contribution is 2.27. The molecule has 0 aliphatic rings. The summed E-state index contributed by atoms with van der Waals surface area (Å²) >= 11 is 5.74. The van der Waals surface area contributed by atoms with E-state index < -0.39 is 5.82 Å². The maximum Gasteiger partial charge on any atom is 0.305 e. The highest BCUT2D eigenvalue weighted by molar-refractivity contribution is 6.32. The molecule has 0 N–H and O–H groups in total. The normalized spacial score (nSPS) is 9.94. The van der Waals surface area contributed by atoms with Crippen LogP contribution in [0.25, 0.3) is 0 Å². The second-order valence-corrected chi connectivity index (χ2v) is 3.49. The first-order valence-corrected chi connectivity index (χ1v) is 5.16. The highest BCUT2D eigenvalue weighted by Gasteiger charge is 2.08. The zero-order valence-corrected chi connectivity index (χ0v) is 9.59. The molecule has 0 spiro atoms. The van der Waals surface area contributed by atoms with Crippen molar-refractivity contribution >= 4 is 17.6 Å². The van der Waals surface area contributed by atoms with Crippen LogP contribution in [0.4, 0.5) is 4.39 Å². The number of esters is 1. The smallest absolute Gasteiger partial charge is 0.305 e. The maximum atomic E-state index is 13.2. The first-order valence-electron chi connectivity index (χ1n) is 4.78. The molecule has 0 aliphatic carbocycles. The molecule has 0 aromatic heterocycles. The molecule has 1 aromatic rings. The third-order valence-electron chi connectivity index (χ3n) is 1.92. The summed E-state index contributed by atoms with van der Waals surface area (Å²) in [5.41, 5.74) is 0. The second-order valence-electron chi connectivity index (χ2n) is 3.08. The van der Waals surface area contributed by atoms with Gasteiger partial charge in [0.25, 0.3) is 0 Å². The van der Waals surface area contributed by atoms with Crippen molar-refractivity contribution < 1.29 is 18.7 Å². The van der Waals surface area contributed by atoms with Crippen LogP contribution in [0, 0.1) is 5.82 Å². The number of carbonyl (C=O) groups is 1. The topological polar surface area (TPSA) is 35.5 Å². The third-order valence-corrected chi connectivity index (χ3v) is 2.22. The Bertz CT molecular complexity index is 348. The molecule has 3 nitrogen and oxygen atoms in total. The molecular weight excluding hydrogens is 235 g/mol. The molecule has 1 aromatic carbocycles. The van der Waals surface area contributed by atoms with E-state index in [0.29, 0.717) is 6.42 Å². The number of methoxy groups -OCH3 is 1. The van der Waals surface area contributed by atoms with Crippen molar-refractivity contribution in [2.45, 2.75) is 12.8 Å². The molecule has 5 heteroatoms. The van der Waals surface area contributed by atoms with Crippen LogP contribution in [0.2, 0.25) is 5.02 Å². The fourth-order valence-electron chi connectivity index (χ4n) is 1.11. The largest absolute Gasteiger partial charge is 0.489 e. The van der Waals surface area contributed by atoms with Crippen LogP contribution >= 0.6 is 11.6 Å². The molecule has 0 bridgehead atoms. The van der Waals surface area contributed by atoms with E-state index in [0.717, 1.165) is 0 Å². The van der Waals surface area contributed by atoms with Gasteiger partial charge in [0.15, 0.2) is 11.6 Å². The van der Waals surface area contributed by atoms with Gasteiger partial charge < -0.3 is 9.47 Å². The van der Waals surface area contributed by atoms with Crippen LogP contribution in [0.5, 0.6) is 5.75 Å². The van der Waals surface area contributed by atoms with Gasteiger partial charge in [-0.25, -0.2) is 4.39 Å². The Hall–Kier alpha value is -1.29. The van der Waals surface area contributed by atoms with Crippen LogP contribution in [0.1, 0.15) is 12.8 Å². The molecule has 0 radical (unpaired) electrons. The van der Waals surface area contributed by atoms with E-state index in [4.69, 9.17) is 16.3 Å². The van der Waals surface area contributed by atoms with Gasteiger partial charge in [-0.2, -0.15) is 0 Å². The number of benzene rings is 1. The molecule has 88 valence electrons. The molecule has 0 atom stereocenters. The Labute approximate surface area is 98.1 Å². The lowest BCUT2D eigenvalue weighted by atomic mass is 10.3. The minimum atomic E-state index is -0.509. The van der Waals surface area contributed by atoms with Gasteiger partial charge in [-0.1, -0.05) is 17.7 Å². The summed E-state index contributed by atoms with van der Waals surface area (Å²) in [5, 5.41) is 0.220. The summed E-state index contributed by atoms with van der Waals surface area (Å²) in [5.74, 6) is -0.803. The number of hydrogen-bond donors (Lipinski definition) is 0. The van der Waals surface area contributed by atoms with Crippen LogP contribution in [0.3, 0.4) is 0 Å². The molecule has 0 amide bonds. The summed E-state index contributed by atoms with van der Waals surface area (Å²) in [6.07, 6.45) is 0.694. The molecule has 0 fully saturated rings. The maximum absolute atomic E-state index is 13.2. The quantitative estimate of drug-likeness (QED) is 0.592. The summed E-state index contributed by atoms with van der Waals surface area (Å²) in [7, 11) is 1.32. The van der Waals surface area contributed by atoms with Gasteiger partial charge in [0.2, 0.25) is 0 Å². The number of para-hydroxylation sites is 1. The first kappa shape index (κ1) is 12.8. The average molecular weight is 247 g/mol. The molecule has 16 heavy (non-hydrogen) atoms. The molecule has 0 saturated carbocycles. The van der Waals surface area contributed by atoms with Crippen molar-refractivity contribution in [3.63, 3.8) is 0 Å². The molecule has 0 heterocycles. The van der Waals surface area contributed by atoms with Gasteiger partial charge in [0, 0.05) is 6.42 Å². The third kappa shape index (κ3) is 3.70. The number of ether oxygens (including phenoxy) is 2. The van der Waals surface area contributed by atoms with Gasteiger partial charge >= 0.3 is 5.97 Å². The van der Waals surface area contributed by atoms with Crippen molar-refractivity contribution in [3.05, 3.63) is 29.0 Å². The number of rotatable bonds is 5. The van der Waals surface area contributed by atoms with E-state index >= 15 is 0 Å². The van der Waals surface area contributed by atoms with Gasteiger partial charge in [-0.15, -0.1) is 0 Å². The molecule has 0 aliphatic heterocycles. The molecule has 0 saturated heterocycles. The van der Waals surface area contributed by atoms with Crippen molar-refractivity contribution in [2.24, 2.45) is 0 Å². The SMILES string of the molecule is COC(=O)CCCOc1c(F)cccc1Cl. The summed E-state index contributed by atoms with van der Waals surface area (Å²) in [4.78, 5) is 10.8. The highest BCUT2D eigenvalue weighted by atomic mass is 35.5. The standard InChI is InChI=1S/C11H12ClFO3/c1-15-10(14)6-3-7-16-11-8(12)4-2-5-9(11)13/h2,4-5H,3,6-7H2,1H3. The second kappa shape index (κ2) is 6.33. The van der Waals surface area contributed by atoms with Crippen molar-refractivity contribution in [1.82, 2.24) is 0 Å². The van der Waals surface area contributed by atoms with Crippen LogP contribution < -0.4 is 4.74 Å². The predicted molar refractivity (Wildman–Crippen MR) is 58.2 cm³/mol. The number of hydrogen-bond acceptors (Lipinski definition) is 3. The Balaban J connectivity index is 2.40. The van der Waals surface area contributed by atoms with Gasteiger partial charge in [-0.05, 0) is 18.6 Å². The lowest BCUT2D eigenvalue weighted by Gasteiger charge is -2.08. The first-order chi connectivity index (χ1) is 7.65. The zero-order valence-electron chi connectivity index (χ0n) is 8.83. The number of halogens is 2. The van der Waals surface area contributed by atoms with Crippen molar-refractivity contribution in [3.8, 4) is 5.75 Å². The average Bonchev–Trinajstić information content (AvgIpc) is 2.27. The lowest BCUT2D eigenvalue weighted by Crippen LogP contribution is -2.05. The Morgan fingerprint density at radius 3 is 2.88 bits per heavy atom. The van der Waals surface area contributed by atoms with Gasteiger partial charge in [-0.3, -0.25) is 4.79 Å². The fourth-order valence-corrected chi connectivity index (χ4v) is 1.33. The number of carbonyl (C=O) groups excluding carboxylic acids is 1. The Morgan fingerprint density at radius 1 is 1.50 bits per heavy atom. The Morgan fingerprint density at radius 2 is 2.25 bits per heavy atom. The van der Waals surface area contributed by atoms with Crippen LogP contribution in [-0.4, -0.2) is 19.7 Å². The van der Waals surface area contributed by atoms with Gasteiger partial charge in [0.05, 0.1) is 18.7 Å². The molecule has 1 rings (SSSR count). The van der Waals surface area contributed by atoms with Gasteiger partial charge in [0.1, 0.15) is 0 Å². The van der Waals surface area contributed by atoms with E-state index in [9.17, 15) is 9.18 Å². The predicted octanol–water partition coefficient (Wildman–Crippen LogP) is 2.81. The summed E-state index contributed by atoms with van der Waals surface area (Å²) in [6.45, 7) is 0.218. The van der Waals surface area contributed by atoms with E-state index in [1.807, 2.05) is 0 Å². The monoisotopic (exact) mass is 246 g/mol. The summed E-state index contributed by atoms with van der Waals surface area (Å²) in [6, 6.07) is 4.31. The fraction of sp³-hybridized carbons (Fsp3) is 0.364. The lowest BCUT2D eigenvalue weighted by molar-refractivity contribution is -0.140. The van der Waals surface area contributed by atoms with Crippen molar-refractivity contribution in [2.75, 3.05) is 13.7 Å². The minimum absolute atomic E-state index is 0.0223. The van der Waals surface area contributed by atoms with Crippen LogP contribution in [-0.2, 0) is 9.53 Å². The minimum Gasteiger partial charge on any atom is -0.489 e. The zero-order chi connectivity index (χ0) is 12.0. The molecular formula is C11H12ClFO3. The van der Waals surface area contributed by atoms with Crippen LogP contribution in [0.15, 0.2) is 18.2 Å². The van der Waals surface area contributed by atoms with E-state index in [2.05, 4.69) is 4.74 Å². The van der Waals surface area contributed by atoms with Crippen molar-refractivity contribution in [1.29, 1.82) is 0 Å². The molecule has 0 unspecified atom stereocenters. The Kier molecular flexibility index (Phi) is 5.05.